The molecule has 0 amide bonds. The van der Waals surface area contributed by atoms with Crippen molar-refractivity contribution >= 4 is 20.7 Å². The van der Waals surface area contributed by atoms with Crippen molar-refractivity contribution in [3.63, 3.8) is 0 Å². The number of sulfone groups is 1. The Morgan fingerprint density at radius 1 is 0.938 bits per heavy atom. The number of carboxylic acids is 1. The Labute approximate surface area is 188 Å². The Balaban J connectivity index is 1.83. The second-order valence-corrected chi connectivity index (χ2v) is 10.3. The summed E-state index contributed by atoms with van der Waals surface area (Å²) in [6.45, 7) is 4.17. The molecule has 0 aromatic heterocycles. The minimum Gasteiger partial charge on any atom is -0.478 e. The van der Waals surface area contributed by atoms with E-state index >= 15 is 0 Å². The lowest BCUT2D eigenvalue weighted by atomic mass is 9.75. The summed E-state index contributed by atoms with van der Waals surface area (Å²) in [5.74, 6) is 4.89. The molecule has 0 saturated carbocycles. The van der Waals surface area contributed by atoms with Gasteiger partial charge in [0.25, 0.3) is 0 Å². The maximum absolute atomic E-state index is 13.4. The van der Waals surface area contributed by atoms with E-state index < -0.39 is 15.8 Å². The molecule has 0 spiro atoms. The van der Waals surface area contributed by atoms with Gasteiger partial charge in [0.1, 0.15) is 0 Å². The Kier molecular flexibility index (Phi) is 5.50. The minimum atomic E-state index is -3.69. The van der Waals surface area contributed by atoms with Gasteiger partial charge in [0.15, 0.2) is 0 Å². The lowest BCUT2D eigenvalue weighted by Crippen LogP contribution is -2.23. The predicted molar refractivity (Wildman–Crippen MR) is 125 cm³/mol. The first-order valence-electron chi connectivity index (χ1n) is 10.2. The monoisotopic (exact) mass is 442 g/mol. The second-order valence-electron chi connectivity index (χ2n) is 8.33. The zero-order valence-corrected chi connectivity index (χ0v) is 18.6. The van der Waals surface area contributed by atoms with Crippen molar-refractivity contribution in [2.24, 2.45) is 0 Å². The molecule has 1 aliphatic carbocycles. The highest BCUT2D eigenvalue weighted by molar-refractivity contribution is 8.00. The minimum absolute atomic E-state index is 0.131. The van der Waals surface area contributed by atoms with Gasteiger partial charge >= 0.3 is 5.97 Å². The third-order valence-corrected chi connectivity index (χ3v) is 7.51. The number of carbonyl (C=O) groups is 1. The largest absolute Gasteiger partial charge is 0.478 e. The van der Waals surface area contributed by atoms with Crippen LogP contribution in [0.1, 0.15) is 52.9 Å². The number of hydrogen-bond acceptors (Lipinski definition) is 3. The van der Waals surface area contributed by atoms with Crippen LogP contribution in [-0.4, -0.2) is 19.5 Å². The number of allylic oxidation sites excluding steroid dienone is 1. The van der Waals surface area contributed by atoms with E-state index in [1.54, 1.807) is 60.7 Å². The summed E-state index contributed by atoms with van der Waals surface area (Å²) in [4.78, 5) is 12.0. The van der Waals surface area contributed by atoms with Gasteiger partial charge in [-0.1, -0.05) is 68.2 Å². The fourth-order valence-corrected chi connectivity index (χ4v) is 5.41. The summed E-state index contributed by atoms with van der Waals surface area (Å²) in [5.41, 5.74) is 2.54. The Bertz CT molecular complexity index is 1400. The maximum Gasteiger partial charge on any atom is 0.336 e. The molecule has 3 aromatic carbocycles. The standard InChI is InChI=1S/C27H22O4S/c1-27(2)17-16-25(32(30,31)21-9-4-3-5-10-21)23-18-19(13-15-24(23)27)12-14-20-8-6-7-11-22(20)26(28)29/h3-11,13,15-16,18H,17H2,1-2H3,(H,28,29). The highest BCUT2D eigenvalue weighted by Crippen LogP contribution is 2.42. The molecular weight excluding hydrogens is 420 g/mol. The molecule has 0 fully saturated rings. The summed E-state index contributed by atoms with van der Waals surface area (Å²) in [5, 5.41) is 9.37. The van der Waals surface area contributed by atoms with E-state index in [1.165, 1.54) is 6.07 Å². The summed E-state index contributed by atoms with van der Waals surface area (Å²) >= 11 is 0. The molecule has 0 bridgehead atoms. The van der Waals surface area contributed by atoms with Crippen molar-refractivity contribution < 1.29 is 18.3 Å². The fourth-order valence-electron chi connectivity index (χ4n) is 3.88. The highest BCUT2D eigenvalue weighted by atomic mass is 32.2. The lowest BCUT2D eigenvalue weighted by Gasteiger charge is -2.32. The van der Waals surface area contributed by atoms with Crippen LogP contribution in [0.2, 0.25) is 0 Å². The van der Waals surface area contributed by atoms with Crippen molar-refractivity contribution in [3.8, 4) is 11.8 Å². The van der Waals surface area contributed by atoms with Crippen LogP contribution in [-0.2, 0) is 15.3 Å². The first-order valence-corrected chi connectivity index (χ1v) is 11.7. The molecule has 32 heavy (non-hydrogen) atoms. The number of hydrogen-bond donors (Lipinski definition) is 1. The second kappa shape index (κ2) is 8.14. The molecule has 1 aliphatic rings. The van der Waals surface area contributed by atoms with Gasteiger partial charge in [-0.15, -0.1) is 0 Å². The SMILES string of the molecule is CC1(C)CC=C(S(=O)(=O)c2ccccc2)c2cc(C#Cc3ccccc3C(=O)O)ccc21. The van der Waals surface area contributed by atoms with E-state index in [0.717, 1.165) is 5.56 Å². The predicted octanol–water partition coefficient (Wildman–Crippen LogP) is 5.28. The molecule has 0 aliphatic heterocycles. The average Bonchev–Trinajstić information content (AvgIpc) is 2.78. The molecule has 0 saturated heterocycles. The summed E-state index contributed by atoms with van der Waals surface area (Å²) in [6.07, 6.45) is 2.40. The normalized spacial score (nSPS) is 14.5. The molecule has 0 atom stereocenters. The van der Waals surface area contributed by atoms with Crippen molar-refractivity contribution in [1.82, 2.24) is 0 Å². The Hall–Kier alpha value is -3.62. The molecule has 4 rings (SSSR count). The van der Waals surface area contributed by atoms with Crippen LogP contribution in [0.25, 0.3) is 4.91 Å². The Morgan fingerprint density at radius 3 is 2.34 bits per heavy atom. The maximum atomic E-state index is 13.4. The number of benzene rings is 3. The van der Waals surface area contributed by atoms with E-state index in [2.05, 4.69) is 25.7 Å². The van der Waals surface area contributed by atoms with Gasteiger partial charge in [-0.25, -0.2) is 13.2 Å². The van der Waals surface area contributed by atoms with Crippen molar-refractivity contribution in [2.75, 3.05) is 0 Å². The van der Waals surface area contributed by atoms with Gasteiger partial charge in [0.05, 0.1) is 15.4 Å². The van der Waals surface area contributed by atoms with E-state index in [4.69, 9.17) is 0 Å². The quantitative estimate of drug-likeness (QED) is 0.560. The van der Waals surface area contributed by atoms with E-state index in [1.807, 2.05) is 12.1 Å². The van der Waals surface area contributed by atoms with Gasteiger partial charge in [-0.05, 0) is 59.4 Å². The lowest BCUT2D eigenvalue weighted by molar-refractivity contribution is 0.0696. The van der Waals surface area contributed by atoms with Crippen molar-refractivity contribution in [2.45, 2.75) is 30.6 Å². The molecule has 0 heterocycles. The smallest absolute Gasteiger partial charge is 0.336 e. The molecule has 3 aromatic rings. The fraction of sp³-hybridized carbons (Fsp3) is 0.148. The van der Waals surface area contributed by atoms with E-state index in [0.29, 0.717) is 23.1 Å². The molecule has 160 valence electrons. The van der Waals surface area contributed by atoms with Crippen LogP contribution < -0.4 is 0 Å². The van der Waals surface area contributed by atoms with Gasteiger partial charge in [0.2, 0.25) is 9.84 Å². The topological polar surface area (TPSA) is 71.4 Å². The highest BCUT2D eigenvalue weighted by Gasteiger charge is 2.33. The zero-order chi connectivity index (χ0) is 22.9. The van der Waals surface area contributed by atoms with Gasteiger partial charge in [-0.3, -0.25) is 0 Å². The van der Waals surface area contributed by atoms with Crippen molar-refractivity contribution in [3.05, 3.63) is 107 Å². The number of fused-ring (bicyclic) bond motifs is 1. The Morgan fingerprint density at radius 2 is 1.62 bits per heavy atom. The third kappa shape index (κ3) is 3.98. The van der Waals surface area contributed by atoms with Crippen LogP contribution in [0.4, 0.5) is 0 Å². The molecule has 4 nitrogen and oxygen atoms in total. The molecule has 1 N–H and O–H groups in total. The molecule has 0 radical (unpaired) electrons. The zero-order valence-electron chi connectivity index (χ0n) is 17.8. The number of aromatic carboxylic acids is 1. The summed E-state index contributed by atoms with van der Waals surface area (Å²) in [7, 11) is -3.69. The summed E-state index contributed by atoms with van der Waals surface area (Å²) in [6, 6.07) is 20.5. The van der Waals surface area contributed by atoms with Gasteiger partial charge < -0.3 is 5.11 Å². The van der Waals surface area contributed by atoms with Gasteiger partial charge in [0, 0.05) is 11.1 Å². The molecule has 5 heteroatoms. The first-order chi connectivity index (χ1) is 15.2. The van der Waals surface area contributed by atoms with Crippen LogP contribution in [0.3, 0.4) is 0 Å². The summed E-state index contributed by atoms with van der Waals surface area (Å²) < 4.78 is 26.8. The van der Waals surface area contributed by atoms with Gasteiger partial charge in [-0.2, -0.15) is 0 Å². The molecular formula is C27H22O4S. The van der Waals surface area contributed by atoms with Crippen molar-refractivity contribution in [1.29, 1.82) is 0 Å². The first kappa shape index (κ1) is 21.6. The third-order valence-electron chi connectivity index (χ3n) is 5.65. The van der Waals surface area contributed by atoms with E-state index in [9.17, 15) is 18.3 Å². The number of carboxylic acid groups (broad SMARTS) is 1. The van der Waals surface area contributed by atoms with Crippen LogP contribution >= 0.6 is 0 Å². The number of rotatable bonds is 3. The average molecular weight is 443 g/mol. The van der Waals surface area contributed by atoms with E-state index in [-0.39, 0.29) is 20.8 Å². The van der Waals surface area contributed by atoms with Crippen LogP contribution in [0.15, 0.2) is 83.8 Å². The van der Waals surface area contributed by atoms with Crippen LogP contribution in [0, 0.1) is 11.8 Å². The van der Waals surface area contributed by atoms with Crippen LogP contribution in [0.5, 0.6) is 0 Å². The molecule has 0 unspecified atom stereocenters.